The fourth-order valence-electron chi connectivity index (χ4n) is 2.10. The van der Waals surface area contributed by atoms with Crippen molar-refractivity contribution in [2.45, 2.75) is 39.3 Å². The average molecular weight is 317 g/mol. The number of carbonyl (C=O) groups excluding carboxylic acids is 1. The lowest BCUT2D eigenvalue weighted by Gasteiger charge is -2.21. The second-order valence-electron chi connectivity index (χ2n) is 5.95. The van der Waals surface area contributed by atoms with Crippen molar-refractivity contribution in [3.8, 4) is 0 Å². The lowest BCUT2D eigenvalue weighted by molar-refractivity contribution is -0.139. The number of nitrogens with one attached hydrogen (secondary N) is 1. The van der Waals surface area contributed by atoms with Gasteiger partial charge in [0.25, 0.3) is 0 Å². The van der Waals surface area contributed by atoms with E-state index in [4.69, 9.17) is 5.11 Å². The number of hydrogen-bond acceptors (Lipinski definition) is 2. The first-order chi connectivity index (χ1) is 9.97. The number of aliphatic carboxylic acids is 1. The standard InChI is InChI=1S/C15H18F3NO3/c1-14(2,9-13(21)22)8-12(20)19-11-5-3-4-10(6-11)7-15(16,17)18/h3-6H,7-9H2,1-2H3,(H,19,20)(H,21,22). The van der Waals surface area contributed by atoms with Gasteiger partial charge in [0, 0.05) is 12.1 Å². The normalized spacial score (nSPS) is 12.0. The maximum Gasteiger partial charge on any atom is 0.393 e. The summed E-state index contributed by atoms with van der Waals surface area (Å²) < 4.78 is 37.0. The molecule has 0 heterocycles. The number of benzene rings is 1. The number of halogens is 3. The van der Waals surface area contributed by atoms with E-state index in [1.165, 1.54) is 24.3 Å². The zero-order valence-electron chi connectivity index (χ0n) is 12.3. The molecule has 1 aromatic carbocycles. The Morgan fingerprint density at radius 3 is 2.36 bits per heavy atom. The van der Waals surface area contributed by atoms with E-state index >= 15 is 0 Å². The predicted octanol–water partition coefficient (Wildman–Crippen LogP) is 3.62. The van der Waals surface area contributed by atoms with E-state index in [1.807, 2.05) is 0 Å². The molecular formula is C15H18F3NO3. The van der Waals surface area contributed by atoms with Crippen molar-refractivity contribution in [3.63, 3.8) is 0 Å². The summed E-state index contributed by atoms with van der Waals surface area (Å²) in [4.78, 5) is 22.6. The molecule has 1 aromatic rings. The van der Waals surface area contributed by atoms with E-state index < -0.39 is 29.9 Å². The molecule has 1 rings (SSSR count). The third-order valence-corrected chi connectivity index (χ3v) is 2.88. The minimum absolute atomic E-state index is 0.0389. The number of carbonyl (C=O) groups is 2. The SMILES string of the molecule is CC(C)(CC(=O)O)CC(=O)Nc1cccc(CC(F)(F)F)c1. The Labute approximate surface area is 126 Å². The molecule has 0 aliphatic carbocycles. The van der Waals surface area contributed by atoms with Gasteiger partial charge in [0.05, 0.1) is 12.8 Å². The van der Waals surface area contributed by atoms with Gasteiger partial charge in [-0.25, -0.2) is 0 Å². The van der Waals surface area contributed by atoms with Crippen LogP contribution in [0.1, 0.15) is 32.3 Å². The highest BCUT2D eigenvalue weighted by molar-refractivity contribution is 5.91. The summed E-state index contributed by atoms with van der Waals surface area (Å²) in [5.41, 5.74) is -0.424. The second kappa shape index (κ2) is 6.81. The highest BCUT2D eigenvalue weighted by Crippen LogP contribution is 2.26. The molecule has 122 valence electrons. The molecule has 22 heavy (non-hydrogen) atoms. The Bertz CT molecular complexity index is 553. The summed E-state index contributed by atoms with van der Waals surface area (Å²) in [7, 11) is 0. The lowest BCUT2D eigenvalue weighted by atomic mass is 9.85. The second-order valence-corrected chi connectivity index (χ2v) is 5.95. The van der Waals surface area contributed by atoms with E-state index in [2.05, 4.69) is 5.32 Å². The van der Waals surface area contributed by atoms with E-state index in [-0.39, 0.29) is 24.1 Å². The van der Waals surface area contributed by atoms with Crippen LogP contribution in [-0.4, -0.2) is 23.2 Å². The quantitative estimate of drug-likeness (QED) is 0.842. The topological polar surface area (TPSA) is 66.4 Å². The predicted molar refractivity (Wildman–Crippen MR) is 75.5 cm³/mol. The number of rotatable bonds is 6. The molecule has 0 aliphatic heterocycles. The van der Waals surface area contributed by atoms with Gasteiger partial charge in [-0.3, -0.25) is 9.59 Å². The molecule has 4 nitrogen and oxygen atoms in total. The van der Waals surface area contributed by atoms with Crippen LogP contribution in [0.25, 0.3) is 0 Å². The van der Waals surface area contributed by atoms with Gasteiger partial charge >= 0.3 is 12.1 Å². The van der Waals surface area contributed by atoms with Crippen LogP contribution < -0.4 is 5.32 Å². The molecule has 0 unspecified atom stereocenters. The van der Waals surface area contributed by atoms with Gasteiger partial charge in [0.2, 0.25) is 5.91 Å². The summed E-state index contributed by atoms with van der Waals surface area (Å²) in [5.74, 6) is -1.44. The molecule has 0 bridgehead atoms. The fraction of sp³-hybridized carbons (Fsp3) is 0.467. The molecule has 0 saturated carbocycles. The summed E-state index contributed by atoms with van der Waals surface area (Å²) in [6, 6.07) is 5.51. The molecule has 0 saturated heterocycles. The number of carboxylic acid groups (broad SMARTS) is 1. The highest BCUT2D eigenvalue weighted by atomic mass is 19.4. The van der Waals surface area contributed by atoms with E-state index in [1.54, 1.807) is 13.8 Å². The highest BCUT2D eigenvalue weighted by Gasteiger charge is 2.28. The Hall–Kier alpha value is -2.05. The van der Waals surface area contributed by atoms with Crippen molar-refractivity contribution in [1.82, 2.24) is 0 Å². The van der Waals surface area contributed by atoms with Crippen molar-refractivity contribution in [3.05, 3.63) is 29.8 Å². The lowest BCUT2D eigenvalue weighted by Crippen LogP contribution is -2.24. The molecule has 0 aromatic heterocycles. The van der Waals surface area contributed by atoms with Crippen LogP contribution in [0.15, 0.2) is 24.3 Å². The van der Waals surface area contributed by atoms with Crippen molar-refractivity contribution in [2.75, 3.05) is 5.32 Å². The summed E-state index contributed by atoms with van der Waals surface area (Å²) >= 11 is 0. The molecule has 2 N–H and O–H groups in total. The smallest absolute Gasteiger partial charge is 0.393 e. The van der Waals surface area contributed by atoms with Gasteiger partial charge in [-0.05, 0) is 23.1 Å². The summed E-state index contributed by atoms with van der Waals surface area (Å²) in [6.07, 6.45) is -5.59. The van der Waals surface area contributed by atoms with Gasteiger partial charge in [0.1, 0.15) is 0 Å². The molecule has 0 atom stereocenters. The Morgan fingerprint density at radius 1 is 1.18 bits per heavy atom. The number of anilines is 1. The summed E-state index contributed by atoms with van der Waals surface area (Å²) in [5, 5.41) is 11.3. The van der Waals surface area contributed by atoms with Gasteiger partial charge in [-0.1, -0.05) is 26.0 Å². The number of amides is 1. The molecular weight excluding hydrogens is 299 g/mol. The minimum Gasteiger partial charge on any atom is -0.481 e. The van der Waals surface area contributed by atoms with Crippen molar-refractivity contribution in [1.29, 1.82) is 0 Å². The molecule has 0 aliphatic rings. The first-order valence-electron chi connectivity index (χ1n) is 6.64. The Kier molecular flexibility index (Phi) is 5.57. The maximum atomic E-state index is 12.3. The maximum absolute atomic E-state index is 12.3. The monoisotopic (exact) mass is 317 g/mol. The zero-order chi connectivity index (χ0) is 17.0. The van der Waals surface area contributed by atoms with Crippen molar-refractivity contribution >= 4 is 17.6 Å². The number of alkyl halides is 3. The van der Waals surface area contributed by atoms with Gasteiger partial charge in [0.15, 0.2) is 0 Å². The van der Waals surface area contributed by atoms with Gasteiger partial charge in [-0.15, -0.1) is 0 Å². The largest absolute Gasteiger partial charge is 0.481 e. The number of carboxylic acids is 1. The van der Waals surface area contributed by atoms with Crippen LogP contribution in [0.3, 0.4) is 0 Å². The van der Waals surface area contributed by atoms with Gasteiger partial charge in [-0.2, -0.15) is 13.2 Å². The zero-order valence-corrected chi connectivity index (χ0v) is 12.3. The van der Waals surface area contributed by atoms with Crippen LogP contribution >= 0.6 is 0 Å². The average Bonchev–Trinajstić information content (AvgIpc) is 2.23. The molecule has 0 fully saturated rings. The van der Waals surface area contributed by atoms with Crippen LogP contribution in [0.2, 0.25) is 0 Å². The molecule has 0 radical (unpaired) electrons. The van der Waals surface area contributed by atoms with Crippen LogP contribution in [0, 0.1) is 5.41 Å². The molecule has 7 heteroatoms. The third kappa shape index (κ3) is 7.10. The third-order valence-electron chi connectivity index (χ3n) is 2.88. The van der Waals surface area contributed by atoms with E-state index in [0.717, 1.165) is 0 Å². The first kappa shape index (κ1) is 18.0. The molecule has 1 amide bonds. The van der Waals surface area contributed by atoms with Crippen molar-refractivity contribution in [2.24, 2.45) is 5.41 Å². The van der Waals surface area contributed by atoms with Gasteiger partial charge < -0.3 is 10.4 Å². The van der Waals surface area contributed by atoms with Crippen LogP contribution in [0.4, 0.5) is 18.9 Å². The summed E-state index contributed by atoms with van der Waals surface area (Å²) in [6.45, 7) is 3.28. The van der Waals surface area contributed by atoms with Crippen LogP contribution in [-0.2, 0) is 16.0 Å². The Balaban J connectivity index is 2.69. The van der Waals surface area contributed by atoms with Crippen molar-refractivity contribution < 1.29 is 27.9 Å². The van der Waals surface area contributed by atoms with Crippen LogP contribution in [0.5, 0.6) is 0 Å². The Morgan fingerprint density at radius 2 is 1.82 bits per heavy atom. The van der Waals surface area contributed by atoms with E-state index in [0.29, 0.717) is 0 Å². The van der Waals surface area contributed by atoms with E-state index in [9.17, 15) is 22.8 Å². The fourth-order valence-corrected chi connectivity index (χ4v) is 2.10. The first-order valence-corrected chi connectivity index (χ1v) is 6.64. The molecule has 0 spiro atoms. The number of hydrogen-bond donors (Lipinski definition) is 2. The minimum atomic E-state index is -4.31.